The molecule has 0 nitrogen and oxygen atoms in total. The Bertz CT molecular complexity index is 242. The van der Waals surface area contributed by atoms with Crippen molar-refractivity contribution in [3.05, 3.63) is 22.4 Å². The first-order chi connectivity index (χ1) is 6.83. The van der Waals surface area contributed by atoms with E-state index in [1.165, 1.54) is 49.8 Å². The van der Waals surface area contributed by atoms with E-state index in [9.17, 15) is 0 Å². The van der Waals surface area contributed by atoms with Crippen molar-refractivity contribution < 1.29 is 12.4 Å². The maximum absolute atomic E-state index is 2.42. The summed E-state index contributed by atoms with van der Waals surface area (Å²) in [7, 11) is 0.493. The molecule has 0 spiro atoms. The fourth-order valence-electron chi connectivity index (χ4n) is 1.69. The zero-order valence-electron chi connectivity index (χ0n) is 9.97. The molecule has 0 aliphatic carbocycles. The molecule has 0 saturated heterocycles. The fourth-order valence-corrected chi connectivity index (χ4v) is 3.50. The number of unbranched alkanes of at least 4 members (excludes halogenated alkanes) is 5. The van der Waals surface area contributed by atoms with Gasteiger partial charge in [-0.2, -0.15) is 0 Å². The van der Waals surface area contributed by atoms with E-state index in [1.807, 2.05) is 0 Å². The zero-order valence-corrected chi connectivity index (χ0v) is 11.5. The molecule has 15 heavy (non-hydrogen) atoms. The largest absolute Gasteiger partial charge is 1.00 e. The quantitative estimate of drug-likeness (QED) is 0.511. The molecule has 0 aromatic carbocycles. The van der Waals surface area contributed by atoms with E-state index >= 15 is 0 Å². The van der Waals surface area contributed by atoms with Crippen molar-refractivity contribution in [1.82, 2.24) is 0 Å². The molecule has 1 atom stereocenters. The van der Waals surface area contributed by atoms with Crippen LogP contribution < -0.4 is 12.4 Å². The van der Waals surface area contributed by atoms with E-state index in [4.69, 9.17) is 0 Å². The summed E-state index contributed by atoms with van der Waals surface area (Å²) in [5.74, 6) is 1.39. The average Bonchev–Trinajstić information content (AvgIpc) is 2.58. The molecule has 0 fully saturated rings. The van der Waals surface area contributed by atoms with Crippen LogP contribution >= 0.6 is 10.5 Å². The maximum Gasteiger partial charge on any atom is 0.140 e. The number of aryl methyl sites for hydroxylation is 2. The van der Waals surface area contributed by atoms with Crippen LogP contribution in [0, 0.1) is 6.92 Å². The second kappa shape index (κ2) is 9.23. The number of halogens is 1. The van der Waals surface area contributed by atoms with Crippen molar-refractivity contribution in [2.45, 2.75) is 58.1 Å². The summed E-state index contributed by atoms with van der Waals surface area (Å²) in [4.78, 5) is 0. The van der Waals surface area contributed by atoms with E-state index in [0.717, 1.165) is 0 Å². The Labute approximate surface area is 103 Å². The van der Waals surface area contributed by atoms with Crippen LogP contribution in [-0.4, -0.2) is 0 Å². The van der Waals surface area contributed by atoms with Crippen molar-refractivity contribution >= 4 is 10.5 Å². The molecule has 1 unspecified atom stereocenters. The molecule has 0 N–H and O–H groups in total. The summed E-state index contributed by atoms with van der Waals surface area (Å²) in [6, 6.07) is 2.26. The highest BCUT2D eigenvalue weighted by Gasteiger charge is 2.03. The molecule has 1 aromatic heterocycles. The van der Waals surface area contributed by atoms with Gasteiger partial charge in [-0.25, -0.2) is 0 Å². The minimum absolute atomic E-state index is 0. The molecular formula is C13H23ClS. The lowest BCUT2D eigenvalue weighted by Crippen LogP contribution is -3.00. The van der Waals surface area contributed by atoms with Gasteiger partial charge < -0.3 is 12.4 Å². The lowest BCUT2D eigenvalue weighted by Gasteiger charge is -1.96. The highest BCUT2D eigenvalue weighted by Crippen LogP contribution is 2.23. The van der Waals surface area contributed by atoms with E-state index in [1.54, 1.807) is 0 Å². The highest BCUT2D eigenvalue weighted by atomic mass is 35.5. The van der Waals surface area contributed by atoms with Gasteiger partial charge in [0.15, 0.2) is 0 Å². The van der Waals surface area contributed by atoms with Gasteiger partial charge in [-0.05, 0) is 36.3 Å². The van der Waals surface area contributed by atoms with Crippen LogP contribution in [0.1, 0.15) is 51.0 Å². The highest BCUT2D eigenvalue weighted by molar-refractivity contribution is 7.27. The molecule has 0 aliphatic rings. The molecule has 1 heterocycles. The molecule has 2 heteroatoms. The summed E-state index contributed by atoms with van der Waals surface area (Å²) in [6.07, 6.45) is 8.51. The predicted octanol–water partition coefficient (Wildman–Crippen LogP) is 2.11. The molecule has 0 saturated carbocycles. The number of hydrogen-bond donors (Lipinski definition) is 0. The summed E-state index contributed by atoms with van der Waals surface area (Å²) >= 11 is 0. The zero-order chi connectivity index (χ0) is 10.2. The second-order valence-corrected chi connectivity index (χ2v) is 5.96. The monoisotopic (exact) mass is 246 g/mol. The summed E-state index contributed by atoms with van der Waals surface area (Å²) in [5, 5.41) is 4.80. The van der Waals surface area contributed by atoms with E-state index in [-0.39, 0.29) is 12.4 Å². The van der Waals surface area contributed by atoms with E-state index in [2.05, 4.69) is 30.7 Å². The first-order valence-electron chi connectivity index (χ1n) is 5.88. The van der Waals surface area contributed by atoms with Crippen molar-refractivity contribution in [1.29, 1.82) is 0 Å². The molecule has 1 rings (SSSR count). The molecule has 88 valence electrons. The van der Waals surface area contributed by atoms with Gasteiger partial charge in [-0.1, -0.05) is 32.6 Å². The molecule has 0 bridgehead atoms. The first kappa shape index (κ1) is 15.0. The van der Waals surface area contributed by atoms with Crippen LogP contribution in [0.2, 0.25) is 0 Å². The molecule has 0 amide bonds. The Morgan fingerprint density at radius 1 is 1.07 bits per heavy atom. The maximum atomic E-state index is 2.42. The summed E-state index contributed by atoms with van der Waals surface area (Å²) in [6.45, 7) is 4.48. The molecule has 0 aliphatic heterocycles. The van der Waals surface area contributed by atoms with Crippen LogP contribution in [0.3, 0.4) is 0 Å². The Morgan fingerprint density at radius 3 is 2.33 bits per heavy atom. The van der Waals surface area contributed by atoms with Gasteiger partial charge >= 0.3 is 0 Å². The summed E-state index contributed by atoms with van der Waals surface area (Å²) < 4.78 is 0. The Kier molecular flexibility index (Phi) is 9.23. The predicted molar refractivity (Wildman–Crippen MR) is 67.0 cm³/mol. The Balaban J connectivity index is 0.00000196. The van der Waals surface area contributed by atoms with Crippen LogP contribution in [0.4, 0.5) is 0 Å². The number of thiophene rings is 1. The van der Waals surface area contributed by atoms with Crippen molar-refractivity contribution in [2.24, 2.45) is 0 Å². The van der Waals surface area contributed by atoms with Crippen LogP contribution in [0.15, 0.2) is 16.8 Å². The van der Waals surface area contributed by atoms with Gasteiger partial charge in [0, 0.05) is 5.56 Å². The third kappa shape index (κ3) is 6.97. The van der Waals surface area contributed by atoms with Crippen molar-refractivity contribution in [3.8, 4) is 0 Å². The van der Waals surface area contributed by atoms with E-state index < -0.39 is 0 Å². The normalized spacial score (nSPS) is 11.2. The van der Waals surface area contributed by atoms with Crippen LogP contribution in [-0.2, 0) is 5.75 Å². The smallest absolute Gasteiger partial charge is 0.140 e. The minimum Gasteiger partial charge on any atom is -1.00 e. The third-order valence-corrected chi connectivity index (χ3v) is 4.50. The first-order valence-corrected chi connectivity index (χ1v) is 7.40. The van der Waals surface area contributed by atoms with Gasteiger partial charge in [0.2, 0.25) is 0 Å². The third-order valence-electron chi connectivity index (χ3n) is 2.58. The topological polar surface area (TPSA) is 0 Å². The van der Waals surface area contributed by atoms with Crippen molar-refractivity contribution in [2.75, 3.05) is 0 Å². The SMILES string of the molecule is CCCCCCCC[s+]1ccc(C)c1.[Cl-]. The lowest BCUT2D eigenvalue weighted by molar-refractivity contribution is -0.00000312. The van der Waals surface area contributed by atoms with E-state index in [0.29, 0.717) is 10.5 Å². The van der Waals surface area contributed by atoms with Gasteiger partial charge in [0.1, 0.15) is 16.5 Å². The average molecular weight is 247 g/mol. The Hall–Kier alpha value is -0.0100. The van der Waals surface area contributed by atoms with Gasteiger partial charge in [-0.3, -0.25) is 0 Å². The number of hydrogen-bond acceptors (Lipinski definition) is 0. The Morgan fingerprint density at radius 2 is 1.73 bits per heavy atom. The van der Waals surface area contributed by atoms with Gasteiger partial charge in [-0.15, -0.1) is 0 Å². The molecule has 0 radical (unpaired) electrons. The van der Waals surface area contributed by atoms with Crippen LogP contribution in [0.5, 0.6) is 0 Å². The number of rotatable bonds is 7. The van der Waals surface area contributed by atoms with Crippen molar-refractivity contribution in [3.63, 3.8) is 0 Å². The van der Waals surface area contributed by atoms with Gasteiger partial charge in [0.05, 0.1) is 0 Å². The fraction of sp³-hybridized carbons (Fsp3) is 0.692. The molecular weight excluding hydrogens is 224 g/mol. The lowest BCUT2D eigenvalue weighted by atomic mass is 10.1. The van der Waals surface area contributed by atoms with Crippen LogP contribution in [0.25, 0.3) is 0 Å². The van der Waals surface area contributed by atoms with Gasteiger partial charge in [0.25, 0.3) is 0 Å². The second-order valence-electron chi connectivity index (χ2n) is 4.11. The molecule has 1 aromatic rings. The summed E-state index contributed by atoms with van der Waals surface area (Å²) in [5.41, 5.74) is 1.46. The standard InChI is InChI=1S/C13H23S.ClH/c1-3-4-5-6-7-8-10-14-11-9-13(2)12-14;/h9,11-12H,3-8,10H2,1-2H3;1H/q+1;/p-1. The minimum atomic E-state index is 0.